The minimum atomic E-state index is -2.68. The van der Waals surface area contributed by atoms with Gasteiger partial charge in [-0.1, -0.05) is 6.58 Å². The van der Waals surface area contributed by atoms with E-state index in [-0.39, 0.29) is 37.5 Å². The molecule has 1 aliphatic heterocycles. The lowest BCUT2D eigenvalue weighted by Gasteiger charge is -2.35. The number of nitrogens with zero attached hydrogens (tertiary/aromatic N) is 3. The number of aromatic nitrogens is 2. The summed E-state index contributed by atoms with van der Waals surface area (Å²) < 4.78 is 33.1. The minimum absolute atomic E-state index is 0.148. The van der Waals surface area contributed by atoms with E-state index in [0.29, 0.717) is 47.6 Å². The van der Waals surface area contributed by atoms with Crippen LogP contribution in [0.15, 0.2) is 42.9 Å². The summed E-state index contributed by atoms with van der Waals surface area (Å²) in [5, 5.41) is 5.65. The molecule has 1 aliphatic carbocycles. The largest absolute Gasteiger partial charge is 0.455 e. The van der Waals surface area contributed by atoms with Crippen LogP contribution in [0, 0.1) is 12.3 Å². The Morgan fingerprint density at radius 3 is 2.53 bits per heavy atom. The van der Waals surface area contributed by atoms with E-state index >= 15 is 0 Å². The van der Waals surface area contributed by atoms with Crippen LogP contribution in [-0.4, -0.2) is 39.1 Å². The molecule has 0 unspecified atom stereocenters. The second kappa shape index (κ2) is 9.00. The number of pyridine rings is 2. The van der Waals surface area contributed by atoms with Gasteiger partial charge in [0.2, 0.25) is 17.7 Å². The molecule has 2 aromatic rings. The fraction of sp³-hybridized carbons (Fsp3) is 0.417. The zero-order chi connectivity index (χ0) is 24.5. The quantitative estimate of drug-likeness (QED) is 0.626. The Morgan fingerprint density at radius 1 is 1.12 bits per heavy atom. The number of likely N-dealkylation sites (tertiary alicyclic amines) is 1. The number of anilines is 2. The van der Waals surface area contributed by atoms with Crippen LogP contribution in [0.2, 0.25) is 0 Å². The Labute approximate surface area is 196 Å². The molecule has 34 heavy (non-hydrogen) atoms. The summed E-state index contributed by atoms with van der Waals surface area (Å²) in [6.07, 6.45) is 1.97. The third-order valence-electron chi connectivity index (χ3n) is 6.35. The fourth-order valence-electron chi connectivity index (χ4n) is 4.43. The molecule has 2 fully saturated rings. The average Bonchev–Trinajstić information content (AvgIpc) is 3.08. The van der Waals surface area contributed by atoms with E-state index in [1.165, 1.54) is 18.0 Å². The number of alkyl halides is 2. The first-order valence-corrected chi connectivity index (χ1v) is 11.1. The molecule has 3 heterocycles. The van der Waals surface area contributed by atoms with Gasteiger partial charge in [0, 0.05) is 38.6 Å². The minimum Gasteiger partial charge on any atom is -0.455 e. The lowest BCUT2D eigenvalue weighted by molar-refractivity contribution is -0.140. The van der Waals surface area contributed by atoms with Crippen molar-refractivity contribution in [3.63, 3.8) is 0 Å². The molecular formula is C24H27F2N5O3. The van der Waals surface area contributed by atoms with Crippen molar-refractivity contribution in [1.82, 2.24) is 14.9 Å². The molecule has 2 aliphatic rings. The summed E-state index contributed by atoms with van der Waals surface area (Å²) in [6.45, 7) is 7.58. The number of carbonyl (C=O) groups excluding carboxylic acids is 2. The third kappa shape index (κ3) is 5.00. The van der Waals surface area contributed by atoms with Gasteiger partial charge < -0.3 is 15.4 Å². The number of nitrogens with one attached hydrogen (secondary N) is 2. The van der Waals surface area contributed by atoms with Gasteiger partial charge in [0.1, 0.15) is 29.0 Å². The molecule has 0 aromatic carbocycles. The van der Waals surface area contributed by atoms with Crippen LogP contribution in [-0.2, 0) is 9.59 Å². The highest BCUT2D eigenvalue weighted by Crippen LogP contribution is 2.49. The molecule has 2 amide bonds. The summed E-state index contributed by atoms with van der Waals surface area (Å²) in [5.74, 6) is -0.843. The van der Waals surface area contributed by atoms with Gasteiger partial charge in [-0.25, -0.2) is 18.7 Å². The summed E-state index contributed by atoms with van der Waals surface area (Å²) in [5.41, 5.74) is -0.122. The molecule has 2 aromatic heterocycles. The number of ether oxygens (including phenoxy) is 1. The van der Waals surface area contributed by atoms with E-state index in [9.17, 15) is 18.4 Å². The summed E-state index contributed by atoms with van der Waals surface area (Å²) in [7, 11) is 0. The standard InChI is InChI=1S/C24H27F2N5O3/c1-15-19(34-18-6-12-27-21(14-18)30-17(3)32)4-5-20(28-15)29-16(2)31-13-11-23(22(31)33)7-9-24(25,26)10-8-23/h4-6,12,14H,2,7-11,13H2,1,3H3,(H,28,29)(H,27,30,32). The maximum Gasteiger partial charge on any atom is 0.248 e. The van der Waals surface area contributed by atoms with Gasteiger partial charge in [-0.2, -0.15) is 0 Å². The first-order valence-electron chi connectivity index (χ1n) is 11.1. The molecule has 10 heteroatoms. The normalized spacial score (nSPS) is 18.6. The Morgan fingerprint density at radius 2 is 1.85 bits per heavy atom. The summed E-state index contributed by atoms with van der Waals surface area (Å²) >= 11 is 0. The fourth-order valence-corrected chi connectivity index (χ4v) is 4.43. The zero-order valence-electron chi connectivity index (χ0n) is 19.2. The molecule has 8 nitrogen and oxygen atoms in total. The first-order chi connectivity index (χ1) is 16.1. The van der Waals surface area contributed by atoms with E-state index in [0.717, 1.165) is 0 Å². The van der Waals surface area contributed by atoms with Crippen LogP contribution in [0.3, 0.4) is 0 Å². The topological polar surface area (TPSA) is 96.4 Å². The van der Waals surface area contributed by atoms with Crippen LogP contribution >= 0.6 is 0 Å². The van der Waals surface area contributed by atoms with Crippen molar-refractivity contribution in [2.75, 3.05) is 17.2 Å². The summed E-state index contributed by atoms with van der Waals surface area (Å²) in [4.78, 5) is 34.3. The highest BCUT2D eigenvalue weighted by molar-refractivity contribution is 5.88. The van der Waals surface area contributed by atoms with Crippen molar-refractivity contribution in [3.05, 3.63) is 48.6 Å². The lowest BCUT2D eigenvalue weighted by Crippen LogP contribution is -2.40. The van der Waals surface area contributed by atoms with Crippen molar-refractivity contribution >= 4 is 23.5 Å². The molecule has 1 saturated carbocycles. The molecule has 0 bridgehead atoms. The van der Waals surface area contributed by atoms with Crippen LogP contribution < -0.4 is 15.4 Å². The van der Waals surface area contributed by atoms with Gasteiger partial charge in [-0.05, 0) is 44.4 Å². The Hall–Kier alpha value is -3.56. The van der Waals surface area contributed by atoms with Crippen LogP contribution in [0.1, 0.15) is 44.7 Å². The van der Waals surface area contributed by atoms with Gasteiger partial charge in [0.15, 0.2) is 0 Å². The zero-order valence-corrected chi connectivity index (χ0v) is 19.2. The number of rotatable bonds is 6. The molecule has 0 atom stereocenters. The molecule has 4 rings (SSSR count). The SMILES string of the molecule is C=C(Nc1ccc(Oc2ccnc(NC(C)=O)c2)c(C)n1)N1CCC2(CCC(F)(F)CC2)C1=O. The van der Waals surface area contributed by atoms with E-state index < -0.39 is 11.3 Å². The van der Waals surface area contributed by atoms with Crippen molar-refractivity contribution in [2.45, 2.75) is 51.9 Å². The maximum absolute atomic E-state index is 13.6. The number of aryl methyl sites for hydroxylation is 1. The lowest BCUT2D eigenvalue weighted by atomic mass is 9.72. The Kier molecular flexibility index (Phi) is 6.24. The molecule has 180 valence electrons. The predicted molar refractivity (Wildman–Crippen MR) is 123 cm³/mol. The van der Waals surface area contributed by atoms with Crippen LogP contribution in [0.25, 0.3) is 0 Å². The highest BCUT2D eigenvalue weighted by atomic mass is 19.3. The first kappa shape index (κ1) is 23.6. The van der Waals surface area contributed by atoms with E-state index in [4.69, 9.17) is 4.74 Å². The van der Waals surface area contributed by atoms with E-state index in [2.05, 4.69) is 27.2 Å². The van der Waals surface area contributed by atoms with Gasteiger partial charge >= 0.3 is 0 Å². The Balaban J connectivity index is 1.40. The molecule has 2 N–H and O–H groups in total. The molecule has 0 radical (unpaired) electrons. The van der Waals surface area contributed by atoms with Crippen LogP contribution in [0.4, 0.5) is 20.4 Å². The number of carbonyl (C=O) groups is 2. The van der Waals surface area contributed by atoms with E-state index in [1.807, 2.05) is 0 Å². The second-order valence-corrected chi connectivity index (χ2v) is 8.85. The highest BCUT2D eigenvalue weighted by Gasteiger charge is 2.52. The van der Waals surface area contributed by atoms with Crippen molar-refractivity contribution in [2.24, 2.45) is 5.41 Å². The average molecular weight is 472 g/mol. The number of hydrogen-bond donors (Lipinski definition) is 2. The smallest absolute Gasteiger partial charge is 0.248 e. The van der Waals surface area contributed by atoms with Gasteiger partial charge in [-0.15, -0.1) is 0 Å². The van der Waals surface area contributed by atoms with Crippen molar-refractivity contribution in [1.29, 1.82) is 0 Å². The van der Waals surface area contributed by atoms with Crippen molar-refractivity contribution < 1.29 is 23.1 Å². The van der Waals surface area contributed by atoms with Gasteiger partial charge in [0.05, 0.1) is 11.1 Å². The monoisotopic (exact) mass is 471 g/mol. The number of amides is 2. The number of hydrogen-bond acceptors (Lipinski definition) is 6. The molecule has 1 saturated heterocycles. The van der Waals surface area contributed by atoms with Gasteiger partial charge in [0.25, 0.3) is 0 Å². The third-order valence-corrected chi connectivity index (χ3v) is 6.35. The predicted octanol–water partition coefficient (Wildman–Crippen LogP) is 4.85. The Bertz CT molecular complexity index is 1130. The molecular weight excluding hydrogens is 444 g/mol. The maximum atomic E-state index is 13.6. The molecule has 1 spiro atoms. The summed E-state index contributed by atoms with van der Waals surface area (Å²) in [6, 6.07) is 6.69. The number of halogens is 2. The second-order valence-electron chi connectivity index (χ2n) is 8.85. The van der Waals surface area contributed by atoms with Crippen LogP contribution in [0.5, 0.6) is 11.5 Å². The van der Waals surface area contributed by atoms with Gasteiger partial charge in [-0.3, -0.25) is 14.5 Å². The van der Waals surface area contributed by atoms with Crippen molar-refractivity contribution in [3.8, 4) is 11.5 Å². The van der Waals surface area contributed by atoms with E-state index in [1.54, 1.807) is 31.2 Å².